The van der Waals surface area contributed by atoms with E-state index in [1.54, 1.807) is 0 Å². The zero-order chi connectivity index (χ0) is 15.4. The molecule has 0 unspecified atom stereocenters. The molecule has 2 rings (SSSR count). The lowest BCUT2D eigenvalue weighted by Crippen LogP contribution is -2.30. The van der Waals surface area contributed by atoms with Crippen molar-refractivity contribution in [2.75, 3.05) is 0 Å². The maximum atomic E-state index is 9.33. The van der Waals surface area contributed by atoms with E-state index in [4.69, 9.17) is 9.60 Å². The lowest BCUT2D eigenvalue weighted by Gasteiger charge is -2.03. The minimum atomic E-state index is -2.17. The van der Waals surface area contributed by atoms with Crippen LogP contribution in [-0.4, -0.2) is 17.2 Å². The van der Waals surface area contributed by atoms with Crippen LogP contribution in [0.3, 0.4) is 0 Å². The van der Waals surface area contributed by atoms with Crippen molar-refractivity contribution in [2.24, 2.45) is 0 Å². The van der Waals surface area contributed by atoms with Gasteiger partial charge in [0.05, 0.1) is 9.60 Å². The molecule has 72 valence electrons. The Morgan fingerprint density at radius 2 is 1.64 bits per heavy atom. The normalized spacial score (nSPS) is 16.6. The van der Waals surface area contributed by atoms with Crippen molar-refractivity contribution in [3.8, 4) is 0 Å². The van der Waals surface area contributed by atoms with Crippen molar-refractivity contribution in [3.63, 3.8) is 0 Å². The first-order valence-corrected chi connectivity index (χ1v) is 3.56. The number of fused-ring (bicyclic) bond motifs is 1. The first-order chi connectivity index (χ1) is 9.20. The lowest BCUT2D eigenvalue weighted by molar-refractivity contribution is 0.426. The predicted octanol–water partition coefficient (Wildman–Crippen LogP) is 1.16. The van der Waals surface area contributed by atoms with Gasteiger partial charge in [0.25, 0.3) is 0 Å². The summed E-state index contributed by atoms with van der Waals surface area (Å²) in [6, 6.07) is -4.07. The predicted molar refractivity (Wildman–Crippen MR) is 60.5 cm³/mol. The highest BCUT2D eigenvalue weighted by Crippen LogP contribution is 2.10. The second kappa shape index (κ2) is 4.27. The van der Waals surface area contributed by atoms with Gasteiger partial charge in [-0.3, -0.25) is 0 Å². The molecule has 0 aliphatic heterocycles. The highest BCUT2D eigenvalue weighted by atomic mass is 16.4. The summed E-state index contributed by atoms with van der Waals surface area (Å²) < 4.78 is 53.7. The van der Waals surface area contributed by atoms with Crippen LogP contribution in [0.5, 0.6) is 0 Å². The zero-order valence-corrected chi connectivity index (χ0v) is 6.47. The fourth-order valence-corrected chi connectivity index (χ4v) is 1.03. The molecule has 0 aliphatic carbocycles. The van der Waals surface area contributed by atoms with Gasteiger partial charge in [0, 0.05) is 0 Å². The van der Waals surface area contributed by atoms with Crippen molar-refractivity contribution in [3.05, 3.63) is 42.3 Å². The van der Waals surface area contributed by atoms with E-state index in [1.807, 2.05) is 0 Å². The average Bonchev–Trinajstić information content (AvgIpc) is 2.39. The van der Waals surface area contributed by atoms with E-state index in [1.165, 1.54) is 0 Å². The quantitative estimate of drug-likeness (QED) is 0.670. The number of hydrogen-bond donors (Lipinski definition) is 2. The summed E-state index contributed by atoms with van der Waals surface area (Å²) in [4.78, 5) is 0. The third kappa shape index (κ3) is 1.79. The first kappa shape index (κ1) is 4.47. The summed E-state index contributed by atoms with van der Waals surface area (Å²) in [6.45, 7) is 0. The second-order valence-electron chi connectivity index (χ2n) is 2.41. The summed E-state index contributed by atoms with van der Waals surface area (Å²) in [7, 11) is -2.17. The topological polar surface area (TPSA) is 40.5 Å². The van der Waals surface area contributed by atoms with Gasteiger partial charge in [-0.05, 0) is 16.2 Å². The van der Waals surface area contributed by atoms with E-state index >= 15 is 0 Å². The van der Waals surface area contributed by atoms with E-state index in [0.717, 1.165) is 0 Å². The maximum Gasteiger partial charge on any atom is 0.489 e. The Bertz CT molecular complexity index is 725. The summed E-state index contributed by atoms with van der Waals surface area (Å²) in [5.41, 5.74) is -0.493. The number of benzene rings is 2. The van der Waals surface area contributed by atoms with Gasteiger partial charge in [0.15, 0.2) is 0 Å². The second-order valence-corrected chi connectivity index (χ2v) is 2.41. The molecule has 3 heteroatoms. The highest BCUT2D eigenvalue weighted by Gasteiger charge is 2.13. The van der Waals surface area contributed by atoms with E-state index in [2.05, 4.69) is 0 Å². The lowest BCUT2D eigenvalue weighted by atomic mass is 9.77. The molecule has 2 aromatic rings. The largest absolute Gasteiger partial charge is 0.489 e. The summed E-state index contributed by atoms with van der Waals surface area (Å²) in [6.07, 6.45) is 0. The van der Waals surface area contributed by atoms with Crippen LogP contribution in [-0.2, 0) is 0 Å². The third-order valence-electron chi connectivity index (χ3n) is 1.60. The van der Waals surface area contributed by atoms with Crippen LogP contribution >= 0.6 is 0 Å². The van der Waals surface area contributed by atoms with Gasteiger partial charge >= 0.3 is 7.12 Å². The van der Waals surface area contributed by atoms with Crippen LogP contribution in [0.2, 0.25) is 0 Å². The third-order valence-corrected chi connectivity index (χ3v) is 1.60. The molecule has 0 aliphatic rings. The average molecular weight is 195 g/mol. The molecule has 14 heavy (non-hydrogen) atoms. The number of rotatable bonds is 1. The van der Waals surface area contributed by atoms with Gasteiger partial charge in [0.1, 0.15) is 0 Å². The van der Waals surface area contributed by atoms with Crippen molar-refractivity contribution >= 4 is 23.4 Å². The zero-order valence-electron chi connectivity index (χ0n) is 13.5. The van der Waals surface area contributed by atoms with Gasteiger partial charge < -0.3 is 10.0 Å². The van der Waals surface area contributed by atoms with Crippen LogP contribution in [0.15, 0.2) is 42.3 Å². The molecule has 2 N–H and O–H groups in total. The fourth-order valence-electron chi connectivity index (χ4n) is 1.03. The molecule has 0 aromatic heterocycles. The molecule has 0 fully saturated rings. The molecule has 0 radical (unpaired) electrons. The SMILES string of the molecule is C.[2H]c1c([2H])c([2H])c2c(B(O)O)c([2H])c([2H])c([2H])c2c1[2H]. The summed E-state index contributed by atoms with van der Waals surface area (Å²) in [5, 5.41) is 18.1. The Labute approximate surface area is 93.8 Å². The molecule has 0 amide bonds. The van der Waals surface area contributed by atoms with Gasteiger partial charge in [0.2, 0.25) is 0 Å². The van der Waals surface area contributed by atoms with Crippen LogP contribution in [0.25, 0.3) is 10.8 Å². The molecule has 0 spiro atoms. The van der Waals surface area contributed by atoms with E-state index in [0.29, 0.717) is 0 Å². The Morgan fingerprint density at radius 3 is 2.36 bits per heavy atom. The Balaban J connectivity index is 0.00000220. The molecule has 2 nitrogen and oxygen atoms in total. The van der Waals surface area contributed by atoms with Gasteiger partial charge in [-0.15, -0.1) is 0 Å². The van der Waals surface area contributed by atoms with Crippen molar-refractivity contribution in [1.29, 1.82) is 0 Å². The van der Waals surface area contributed by atoms with Crippen LogP contribution in [0.4, 0.5) is 0 Å². The molecule has 0 heterocycles. The van der Waals surface area contributed by atoms with Crippen LogP contribution in [0.1, 0.15) is 17.0 Å². The Kier molecular flexibility index (Phi) is 1.36. The van der Waals surface area contributed by atoms with Crippen LogP contribution < -0.4 is 5.46 Å². The molecular formula is C11H13BO2. The minimum absolute atomic E-state index is 0. The highest BCUT2D eigenvalue weighted by molar-refractivity contribution is 6.61. The van der Waals surface area contributed by atoms with E-state index in [9.17, 15) is 10.0 Å². The smallest absolute Gasteiger partial charge is 0.423 e. The fraction of sp³-hybridized carbons (Fsp3) is 0.0909. The Hall–Kier alpha value is -1.32. The molecule has 0 atom stereocenters. The Morgan fingerprint density at radius 1 is 1.00 bits per heavy atom. The molecule has 0 bridgehead atoms. The molecule has 0 saturated heterocycles. The van der Waals surface area contributed by atoms with Crippen molar-refractivity contribution < 1.29 is 19.6 Å². The van der Waals surface area contributed by atoms with Crippen molar-refractivity contribution in [1.82, 2.24) is 0 Å². The van der Waals surface area contributed by atoms with Gasteiger partial charge in [-0.25, -0.2) is 0 Å². The van der Waals surface area contributed by atoms with Gasteiger partial charge in [-0.2, -0.15) is 0 Å². The van der Waals surface area contributed by atoms with Crippen LogP contribution in [0, 0.1) is 0 Å². The minimum Gasteiger partial charge on any atom is -0.423 e. The van der Waals surface area contributed by atoms with Crippen molar-refractivity contribution in [2.45, 2.75) is 7.43 Å². The maximum absolute atomic E-state index is 9.33. The monoisotopic (exact) mass is 195 g/mol. The van der Waals surface area contributed by atoms with Gasteiger partial charge in [-0.1, -0.05) is 49.7 Å². The first-order valence-electron chi connectivity index (χ1n) is 7.06. The molecule has 2 aromatic carbocycles. The van der Waals surface area contributed by atoms with E-state index in [-0.39, 0.29) is 18.2 Å². The summed E-state index contributed by atoms with van der Waals surface area (Å²) in [5.74, 6) is 0. The number of hydrogen-bond acceptors (Lipinski definition) is 2. The molecule has 0 saturated carbocycles. The summed E-state index contributed by atoms with van der Waals surface area (Å²) >= 11 is 0. The molecular weight excluding hydrogens is 175 g/mol. The van der Waals surface area contributed by atoms with E-state index < -0.39 is 54.9 Å². The standard InChI is InChI=1S/C10H9BO2.CH4/c12-11(13)10-7-3-5-8-4-1-2-6-9(8)10;/h1-7,12-13H;1H4/i1D,2D,3D,4D,5D,6D,7D;.